The van der Waals surface area contributed by atoms with Crippen molar-refractivity contribution in [3.05, 3.63) is 42.0 Å². The predicted molar refractivity (Wildman–Crippen MR) is 88.0 cm³/mol. The maximum Gasteiger partial charge on any atom is 0.246 e. The molecule has 0 saturated carbocycles. The summed E-state index contributed by atoms with van der Waals surface area (Å²) in [7, 11) is 0. The second-order valence-corrected chi connectivity index (χ2v) is 5.98. The predicted octanol–water partition coefficient (Wildman–Crippen LogP) is 3.08. The molecule has 1 aliphatic heterocycles. The summed E-state index contributed by atoms with van der Waals surface area (Å²) in [4.78, 5) is 14.4. The van der Waals surface area contributed by atoms with Gasteiger partial charge in [0.05, 0.1) is 0 Å². The molecular formula is C18H26N2O. The first kappa shape index (κ1) is 15.8. The lowest BCUT2D eigenvalue weighted by Crippen LogP contribution is -2.47. The van der Waals surface area contributed by atoms with Crippen LogP contribution in [0.3, 0.4) is 0 Å². The second kappa shape index (κ2) is 7.99. The van der Waals surface area contributed by atoms with Crippen molar-refractivity contribution in [1.29, 1.82) is 0 Å². The highest BCUT2D eigenvalue weighted by Crippen LogP contribution is 2.11. The van der Waals surface area contributed by atoms with E-state index in [1.807, 2.05) is 41.3 Å². The summed E-state index contributed by atoms with van der Waals surface area (Å²) in [5.41, 5.74) is 1.06. The molecule has 21 heavy (non-hydrogen) atoms. The Bertz CT molecular complexity index is 461. The van der Waals surface area contributed by atoms with Gasteiger partial charge in [-0.25, -0.2) is 0 Å². The fraction of sp³-hybridized carbons (Fsp3) is 0.500. The molecule has 1 heterocycles. The Hall–Kier alpha value is -1.61. The molecule has 1 aliphatic rings. The number of carbonyl (C=O) groups excluding carboxylic acids is 1. The van der Waals surface area contributed by atoms with E-state index < -0.39 is 0 Å². The molecule has 1 unspecified atom stereocenters. The van der Waals surface area contributed by atoms with E-state index in [1.165, 1.54) is 19.3 Å². The zero-order valence-corrected chi connectivity index (χ0v) is 13.1. The first-order chi connectivity index (χ1) is 10.2. The highest BCUT2D eigenvalue weighted by atomic mass is 16.2. The Morgan fingerprint density at radius 3 is 2.71 bits per heavy atom. The number of nitrogens with zero attached hydrogens (tertiary/aromatic N) is 1. The number of amides is 1. The van der Waals surface area contributed by atoms with Gasteiger partial charge in [-0.1, -0.05) is 36.8 Å². The van der Waals surface area contributed by atoms with Gasteiger partial charge in [-0.3, -0.25) is 4.79 Å². The average Bonchev–Trinajstić information content (AvgIpc) is 2.52. The van der Waals surface area contributed by atoms with Crippen molar-refractivity contribution in [3.63, 3.8) is 0 Å². The Morgan fingerprint density at radius 1 is 1.33 bits per heavy atom. The first-order valence-corrected chi connectivity index (χ1v) is 7.94. The van der Waals surface area contributed by atoms with E-state index >= 15 is 0 Å². The van der Waals surface area contributed by atoms with Gasteiger partial charge in [-0.05, 0) is 44.9 Å². The van der Waals surface area contributed by atoms with Crippen LogP contribution in [0.2, 0.25) is 0 Å². The van der Waals surface area contributed by atoms with Crippen molar-refractivity contribution in [2.45, 2.75) is 45.2 Å². The SMILES string of the molecule is CC(C)N(CC1CCCCN1)C(=O)/C=C/c1ccccc1. The Kier molecular flexibility index (Phi) is 6.00. The molecule has 2 rings (SSSR count). The van der Waals surface area contributed by atoms with Crippen LogP contribution in [0, 0.1) is 0 Å². The van der Waals surface area contributed by atoms with Gasteiger partial charge in [-0.2, -0.15) is 0 Å². The monoisotopic (exact) mass is 286 g/mol. The van der Waals surface area contributed by atoms with E-state index in [0.29, 0.717) is 6.04 Å². The van der Waals surface area contributed by atoms with Gasteiger partial charge in [-0.15, -0.1) is 0 Å². The molecule has 0 spiro atoms. The van der Waals surface area contributed by atoms with Gasteiger partial charge in [0.25, 0.3) is 0 Å². The zero-order chi connectivity index (χ0) is 15.1. The molecule has 0 aromatic heterocycles. The number of nitrogens with one attached hydrogen (secondary N) is 1. The molecule has 1 aromatic rings. The molecule has 114 valence electrons. The van der Waals surface area contributed by atoms with Crippen LogP contribution in [0.15, 0.2) is 36.4 Å². The topological polar surface area (TPSA) is 32.3 Å². The Balaban J connectivity index is 1.96. The minimum Gasteiger partial charge on any atom is -0.335 e. The lowest BCUT2D eigenvalue weighted by atomic mass is 10.0. The van der Waals surface area contributed by atoms with Crippen molar-refractivity contribution < 1.29 is 4.79 Å². The normalized spacial score (nSPS) is 19.1. The largest absolute Gasteiger partial charge is 0.335 e. The summed E-state index contributed by atoms with van der Waals surface area (Å²) in [5, 5.41) is 3.52. The van der Waals surface area contributed by atoms with Crippen LogP contribution < -0.4 is 5.32 Å². The fourth-order valence-electron chi connectivity index (χ4n) is 2.70. The third-order valence-corrected chi connectivity index (χ3v) is 3.95. The van der Waals surface area contributed by atoms with E-state index in [2.05, 4.69) is 19.2 Å². The summed E-state index contributed by atoms with van der Waals surface area (Å²) >= 11 is 0. The number of hydrogen-bond donors (Lipinski definition) is 1. The molecule has 1 fully saturated rings. The lowest BCUT2D eigenvalue weighted by Gasteiger charge is -2.32. The van der Waals surface area contributed by atoms with Crippen molar-refractivity contribution >= 4 is 12.0 Å². The summed E-state index contributed by atoms with van der Waals surface area (Å²) < 4.78 is 0. The van der Waals surface area contributed by atoms with Crippen LogP contribution in [0.4, 0.5) is 0 Å². The molecule has 3 nitrogen and oxygen atoms in total. The second-order valence-electron chi connectivity index (χ2n) is 5.98. The molecule has 0 radical (unpaired) electrons. The van der Waals surface area contributed by atoms with Crippen LogP contribution in [0.5, 0.6) is 0 Å². The van der Waals surface area contributed by atoms with E-state index in [1.54, 1.807) is 6.08 Å². The smallest absolute Gasteiger partial charge is 0.246 e. The average molecular weight is 286 g/mol. The third kappa shape index (κ3) is 5.01. The van der Waals surface area contributed by atoms with Gasteiger partial charge >= 0.3 is 0 Å². The molecule has 1 saturated heterocycles. The van der Waals surface area contributed by atoms with Crippen molar-refractivity contribution in [1.82, 2.24) is 10.2 Å². The molecule has 1 aromatic carbocycles. The number of rotatable bonds is 5. The molecule has 3 heteroatoms. The highest BCUT2D eigenvalue weighted by Gasteiger charge is 2.21. The van der Waals surface area contributed by atoms with E-state index in [9.17, 15) is 4.79 Å². The summed E-state index contributed by atoms with van der Waals surface area (Å²) in [6.07, 6.45) is 7.26. The number of hydrogen-bond acceptors (Lipinski definition) is 2. The zero-order valence-electron chi connectivity index (χ0n) is 13.1. The van der Waals surface area contributed by atoms with Gasteiger partial charge in [0.1, 0.15) is 0 Å². The van der Waals surface area contributed by atoms with Gasteiger partial charge < -0.3 is 10.2 Å². The van der Waals surface area contributed by atoms with Crippen molar-refractivity contribution in [3.8, 4) is 0 Å². The molecule has 1 N–H and O–H groups in total. The number of benzene rings is 1. The molecule has 0 aliphatic carbocycles. The van der Waals surface area contributed by atoms with Gasteiger partial charge in [0.2, 0.25) is 5.91 Å². The third-order valence-electron chi connectivity index (χ3n) is 3.95. The summed E-state index contributed by atoms with van der Waals surface area (Å²) in [6.45, 7) is 6.04. The van der Waals surface area contributed by atoms with Crippen LogP contribution in [-0.2, 0) is 4.79 Å². The quantitative estimate of drug-likeness (QED) is 0.844. The minimum absolute atomic E-state index is 0.0984. The van der Waals surface area contributed by atoms with Gasteiger partial charge in [0, 0.05) is 24.7 Å². The summed E-state index contributed by atoms with van der Waals surface area (Å²) in [5.74, 6) is 0.0984. The maximum absolute atomic E-state index is 12.4. The van der Waals surface area contributed by atoms with E-state index in [4.69, 9.17) is 0 Å². The van der Waals surface area contributed by atoms with E-state index in [-0.39, 0.29) is 11.9 Å². The number of carbonyl (C=O) groups is 1. The van der Waals surface area contributed by atoms with Crippen LogP contribution >= 0.6 is 0 Å². The standard InChI is InChI=1S/C18H26N2O/c1-15(2)20(14-17-10-6-7-13-19-17)18(21)12-11-16-8-4-3-5-9-16/h3-5,8-9,11-12,15,17,19H,6-7,10,13-14H2,1-2H3/b12-11+. The lowest BCUT2D eigenvalue weighted by molar-refractivity contribution is -0.128. The van der Waals surface area contributed by atoms with Crippen LogP contribution in [0.1, 0.15) is 38.7 Å². The Labute approximate surface area is 128 Å². The summed E-state index contributed by atoms with van der Waals surface area (Å²) in [6, 6.07) is 10.6. The van der Waals surface area contributed by atoms with Crippen molar-refractivity contribution in [2.24, 2.45) is 0 Å². The molecule has 0 bridgehead atoms. The molecular weight excluding hydrogens is 260 g/mol. The minimum atomic E-state index is 0.0984. The highest BCUT2D eigenvalue weighted by molar-refractivity contribution is 5.92. The number of piperidine rings is 1. The molecule has 1 amide bonds. The fourth-order valence-corrected chi connectivity index (χ4v) is 2.70. The first-order valence-electron chi connectivity index (χ1n) is 7.94. The Morgan fingerprint density at radius 2 is 2.10 bits per heavy atom. The van der Waals surface area contributed by atoms with Crippen LogP contribution in [0.25, 0.3) is 6.08 Å². The van der Waals surface area contributed by atoms with Crippen LogP contribution in [-0.4, -0.2) is 36.0 Å². The molecule has 1 atom stereocenters. The maximum atomic E-state index is 12.4. The van der Waals surface area contributed by atoms with E-state index in [0.717, 1.165) is 18.7 Å². The van der Waals surface area contributed by atoms with Crippen molar-refractivity contribution in [2.75, 3.05) is 13.1 Å². The van der Waals surface area contributed by atoms with Gasteiger partial charge in [0.15, 0.2) is 0 Å².